The van der Waals surface area contributed by atoms with Gasteiger partial charge in [-0.1, -0.05) is 12.1 Å². The van der Waals surface area contributed by atoms with Crippen molar-refractivity contribution in [2.24, 2.45) is 0 Å². The lowest BCUT2D eigenvalue weighted by molar-refractivity contribution is 0.135. The minimum absolute atomic E-state index is 0.128. The quantitative estimate of drug-likeness (QED) is 0.874. The smallest absolute Gasteiger partial charge is 0.123 e. The largest absolute Gasteiger partial charge is 0.387 e. The third-order valence-corrected chi connectivity index (χ3v) is 3.41. The molecular weight excluding hydrogens is 251 g/mol. The number of aliphatic hydroxyl groups is 1. The maximum atomic E-state index is 12.8. The fraction of sp³-hybridized carbons (Fsp3) is 0.308. The lowest BCUT2D eigenvalue weighted by atomic mass is 10.0. The van der Waals surface area contributed by atoms with E-state index in [1.807, 2.05) is 12.3 Å². The summed E-state index contributed by atoms with van der Waals surface area (Å²) < 4.78 is 12.8. The van der Waals surface area contributed by atoms with Crippen LogP contribution in [0.4, 0.5) is 4.39 Å². The highest BCUT2D eigenvalue weighted by atomic mass is 32.1. The Morgan fingerprint density at radius 1 is 1.39 bits per heavy atom. The lowest BCUT2D eigenvalue weighted by Gasteiger charge is -2.20. The van der Waals surface area contributed by atoms with E-state index in [0.29, 0.717) is 12.1 Å². The molecule has 2 unspecified atom stereocenters. The van der Waals surface area contributed by atoms with Crippen LogP contribution in [0.15, 0.2) is 35.2 Å². The molecule has 2 rings (SSSR count). The summed E-state index contributed by atoms with van der Waals surface area (Å²) in [4.78, 5) is 4.16. The van der Waals surface area contributed by atoms with Crippen molar-refractivity contribution in [3.8, 4) is 0 Å². The first-order chi connectivity index (χ1) is 8.66. The van der Waals surface area contributed by atoms with Gasteiger partial charge in [-0.3, -0.25) is 0 Å². The van der Waals surface area contributed by atoms with Crippen LogP contribution in [0.2, 0.25) is 0 Å². The molecule has 0 amide bonds. The van der Waals surface area contributed by atoms with Gasteiger partial charge in [0.15, 0.2) is 0 Å². The van der Waals surface area contributed by atoms with E-state index < -0.39 is 6.10 Å². The zero-order valence-corrected chi connectivity index (χ0v) is 10.8. The predicted octanol–water partition coefficient (Wildman–Crippen LogP) is 2.49. The molecule has 2 N–H and O–H groups in total. The first-order valence-electron chi connectivity index (χ1n) is 5.71. The number of hydrogen-bond acceptors (Lipinski definition) is 4. The van der Waals surface area contributed by atoms with Crippen molar-refractivity contribution in [3.63, 3.8) is 0 Å². The van der Waals surface area contributed by atoms with Gasteiger partial charge in [-0.2, -0.15) is 0 Å². The molecule has 0 aliphatic carbocycles. The second-order valence-corrected chi connectivity index (χ2v) is 4.86. The van der Waals surface area contributed by atoms with Crippen LogP contribution in [0.1, 0.15) is 24.3 Å². The zero-order valence-electron chi connectivity index (χ0n) is 10.0. The number of thiazole rings is 1. The van der Waals surface area contributed by atoms with Crippen LogP contribution in [-0.2, 0) is 6.54 Å². The van der Waals surface area contributed by atoms with Crippen LogP contribution in [0, 0.1) is 5.82 Å². The molecule has 0 aliphatic heterocycles. The number of aromatic nitrogens is 1. The molecule has 0 fully saturated rings. The average molecular weight is 266 g/mol. The third-order valence-electron chi connectivity index (χ3n) is 2.77. The van der Waals surface area contributed by atoms with Gasteiger partial charge >= 0.3 is 0 Å². The summed E-state index contributed by atoms with van der Waals surface area (Å²) in [5, 5.41) is 15.3. The molecule has 0 radical (unpaired) electrons. The molecule has 3 nitrogen and oxygen atoms in total. The SMILES string of the molecule is CC(NCc1cscn1)C(O)c1ccc(F)cc1. The predicted molar refractivity (Wildman–Crippen MR) is 69.8 cm³/mol. The fourth-order valence-electron chi connectivity index (χ4n) is 1.65. The van der Waals surface area contributed by atoms with Crippen molar-refractivity contribution < 1.29 is 9.50 Å². The molecule has 5 heteroatoms. The summed E-state index contributed by atoms with van der Waals surface area (Å²) in [6, 6.07) is 5.77. The second kappa shape index (κ2) is 6.04. The molecule has 96 valence electrons. The van der Waals surface area contributed by atoms with Gasteiger partial charge in [0.2, 0.25) is 0 Å². The van der Waals surface area contributed by atoms with E-state index >= 15 is 0 Å². The third kappa shape index (κ3) is 3.35. The number of aliphatic hydroxyl groups excluding tert-OH is 1. The number of nitrogens with zero attached hydrogens (tertiary/aromatic N) is 1. The Labute approximate surface area is 109 Å². The molecule has 1 heterocycles. The first kappa shape index (κ1) is 13.1. The van der Waals surface area contributed by atoms with Crippen molar-refractivity contribution in [1.29, 1.82) is 0 Å². The number of halogens is 1. The number of nitrogens with one attached hydrogen (secondary N) is 1. The van der Waals surface area contributed by atoms with E-state index in [1.54, 1.807) is 29.0 Å². The first-order valence-corrected chi connectivity index (χ1v) is 6.65. The van der Waals surface area contributed by atoms with Gasteiger partial charge in [0.05, 0.1) is 17.3 Å². The highest BCUT2D eigenvalue weighted by Crippen LogP contribution is 2.17. The van der Waals surface area contributed by atoms with E-state index in [0.717, 1.165) is 5.69 Å². The Hall–Kier alpha value is -1.30. The summed E-state index contributed by atoms with van der Waals surface area (Å²) in [6.45, 7) is 2.50. The molecule has 0 bridgehead atoms. The van der Waals surface area contributed by atoms with Crippen LogP contribution in [0.25, 0.3) is 0 Å². The van der Waals surface area contributed by atoms with Gasteiger partial charge in [-0.15, -0.1) is 11.3 Å². The Morgan fingerprint density at radius 2 is 2.11 bits per heavy atom. The van der Waals surface area contributed by atoms with Crippen molar-refractivity contribution in [2.45, 2.75) is 25.6 Å². The van der Waals surface area contributed by atoms with Crippen LogP contribution < -0.4 is 5.32 Å². The van der Waals surface area contributed by atoms with E-state index in [9.17, 15) is 9.50 Å². The fourth-order valence-corrected chi connectivity index (χ4v) is 2.21. The van der Waals surface area contributed by atoms with Crippen LogP contribution >= 0.6 is 11.3 Å². The van der Waals surface area contributed by atoms with Gasteiger partial charge < -0.3 is 10.4 Å². The Balaban J connectivity index is 1.91. The van der Waals surface area contributed by atoms with Gasteiger partial charge in [0, 0.05) is 18.0 Å². The monoisotopic (exact) mass is 266 g/mol. The minimum Gasteiger partial charge on any atom is -0.387 e. The van der Waals surface area contributed by atoms with E-state index in [2.05, 4.69) is 10.3 Å². The lowest BCUT2D eigenvalue weighted by Crippen LogP contribution is -2.31. The van der Waals surface area contributed by atoms with Gasteiger partial charge in [-0.05, 0) is 24.6 Å². The maximum Gasteiger partial charge on any atom is 0.123 e. The topological polar surface area (TPSA) is 45.2 Å². The number of benzene rings is 1. The molecule has 2 atom stereocenters. The summed E-state index contributed by atoms with van der Waals surface area (Å²) >= 11 is 1.54. The molecule has 0 saturated heterocycles. The number of hydrogen-bond donors (Lipinski definition) is 2. The van der Waals surface area contributed by atoms with Gasteiger partial charge in [0.25, 0.3) is 0 Å². The summed E-state index contributed by atoms with van der Waals surface area (Å²) in [5.74, 6) is -0.297. The normalized spacial score (nSPS) is 14.4. The van der Waals surface area contributed by atoms with Gasteiger partial charge in [0.1, 0.15) is 5.82 Å². The van der Waals surface area contributed by atoms with E-state index in [-0.39, 0.29) is 11.9 Å². The minimum atomic E-state index is -0.663. The Bertz CT molecular complexity index is 472. The van der Waals surface area contributed by atoms with E-state index in [1.165, 1.54) is 12.1 Å². The summed E-state index contributed by atoms with van der Waals surface area (Å²) in [7, 11) is 0. The molecule has 2 aromatic rings. The zero-order chi connectivity index (χ0) is 13.0. The number of rotatable bonds is 5. The van der Waals surface area contributed by atoms with Crippen molar-refractivity contribution in [2.75, 3.05) is 0 Å². The highest BCUT2D eigenvalue weighted by molar-refractivity contribution is 7.07. The van der Waals surface area contributed by atoms with Crippen LogP contribution in [0.3, 0.4) is 0 Å². The Morgan fingerprint density at radius 3 is 2.72 bits per heavy atom. The van der Waals surface area contributed by atoms with E-state index in [4.69, 9.17) is 0 Å². The molecule has 0 spiro atoms. The summed E-state index contributed by atoms with van der Waals surface area (Å²) in [5.41, 5.74) is 3.44. The summed E-state index contributed by atoms with van der Waals surface area (Å²) in [6.07, 6.45) is -0.663. The average Bonchev–Trinajstić information content (AvgIpc) is 2.89. The van der Waals surface area contributed by atoms with Crippen molar-refractivity contribution in [3.05, 3.63) is 52.2 Å². The van der Waals surface area contributed by atoms with Crippen molar-refractivity contribution in [1.82, 2.24) is 10.3 Å². The molecule has 18 heavy (non-hydrogen) atoms. The second-order valence-electron chi connectivity index (χ2n) is 4.15. The standard InChI is InChI=1S/C13H15FN2OS/c1-9(15-6-12-7-18-8-16-12)13(17)10-2-4-11(14)5-3-10/h2-5,7-9,13,15,17H,6H2,1H3. The maximum absolute atomic E-state index is 12.8. The van der Waals surface area contributed by atoms with Crippen LogP contribution in [-0.4, -0.2) is 16.1 Å². The Kier molecular flexibility index (Phi) is 4.41. The molecule has 0 saturated carbocycles. The van der Waals surface area contributed by atoms with Crippen molar-refractivity contribution >= 4 is 11.3 Å². The highest BCUT2D eigenvalue weighted by Gasteiger charge is 2.15. The molecule has 0 aliphatic rings. The van der Waals surface area contributed by atoms with Crippen LogP contribution in [0.5, 0.6) is 0 Å². The molecular formula is C13H15FN2OS. The molecule has 1 aromatic heterocycles. The molecule has 1 aromatic carbocycles. The van der Waals surface area contributed by atoms with Gasteiger partial charge in [-0.25, -0.2) is 9.37 Å².